The third kappa shape index (κ3) is 2.69. The lowest BCUT2D eigenvalue weighted by Crippen LogP contribution is -2.37. The minimum Gasteiger partial charge on any atom is -0.391 e. The summed E-state index contributed by atoms with van der Waals surface area (Å²) in [6.45, 7) is 4.25. The zero-order valence-corrected chi connectivity index (χ0v) is 12.2. The zero-order chi connectivity index (χ0) is 15.0. The van der Waals surface area contributed by atoms with E-state index in [0.717, 1.165) is 16.6 Å². The second-order valence-corrected chi connectivity index (χ2v) is 5.65. The van der Waals surface area contributed by atoms with Crippen LogP contribution >= 0.6 is 0 Å². The van der Waals surface area contributed by atoms with E-state index in [9.17, 15) is 9.90 Å². The van der Waals surface area contributed by atoms with Crippen LogP contribution in [0.5, 0.6) is 0 Å². The lowest BCUT2D eigenvalue weighted by molar-refractivity contribution is 0.176. The van der Waals surface area contributed by atoms with Gasteiger partial charge in [-0.05, 0) is 32.4 Å². The molecule has 2 amide bonds. The van der Waals surface area contributed by atoms with Crippen LogP contribution < -0.4 is 5.32 Å². The number of likely N-dealkylation sites (tertiary alicyclic amines) is 1. The predicted octanol–water partition coefficient (Wildman–Crippen LogP) is 2.53. The van der Waals surface area contributed by atoms with Crippen LogP contribution in [0.2, 0.25) is 0 Å². The molecule has 2 unspecified atom stereocenters. The van der Waals surface area contributed by atoms with E-state index in [1.165, 1.54) is 0 Å². The molecule has 2 aromatic rings. The largest absolute Gasteiger partial charge is 0.391 e. The van der Waals surface area contributed by atoms with Gasteiger partial charge in [-0.15, -0.1) is 0 Å². The standard InChI is InChI=1S/C16H19N3O2/c1-10-6-7-12-4-3-5-14(15(12)17-10)18-16(21)19-9-13(20)8-11(19)2/h3-7,11,13,20H,8-9H2,1-2H3,(H,18,21). The number of nitrogens with one attached hydrogen (secondary N) is 1. The van der Waals surface area contributed by atoms with Crippen molar-refractivity contribution in [3.8, 4) is 0 Å². The van der Waals surface area contributed by atoms with Crippen LogP contribution in [0.15, 0.2) is 30.3 Å². The number of aromatic nitrogens is 1. The maximum absolute atomic E-state index is 12.4. The molecule has 1 fully saturated rings. The van der Waals surface area contributed by atoms with Crippen molar-refractivity contribution in [1.29, 1.82) is 0 Å². The van der Waals surface area contributed by atoms with Gasteiger partial charge < -0.3 is 15.3 Å². The number of aliphatic hydroxyl groups excluding tert-OH is 1. The number of hydrogen-bond donors (Lipinski definition) is 2. The summed E-state index contributed by atoms with van der Waals surface area (Å²) in [5.41, 5.74) is 2.40. The third-order valence-corrected chi connectivity index (χ3v) is 3.91. The van der Waals surface area contributed by atoms with E-state index in [4.69, 9.17) is 0 Å². The molecule has 5 nitrogen and oxygen atoms in total. The van der Waals surface area contributed by atoms with Crippen molar-refractivity contribution in [2.45, 2.75) is 32.4 Å². The molecular weight excluding hydrogens is 266 g/mol. The molecule has 0 spiro atoms. The van der Waals surface area contributed by atoms with Crippen molar-refractivity contribution >= 4 is 22.6 Å². The Morgan fingerprint density at radius 2 is 2.19 bits per heavy atom. The third-order valence-electron chi connectivity index (χ3n) is 3.91. The smallest absolute Gasteiger partial charge is 0.322 e. The van der Waals surface area contributed by atoms with Crippen LogP contribution in [-0.2, 0) is 0 Å². The first-order valence-corrected chi connectivity index (χ1v) is 7.16. The molecule has 1 saturated heterocycles. The van der Waals surface area contributed by atoms with E-state index in [0.29, 0.717) is 18.7 Å². The Labute approximate surface area is 123 Å². The second kappa shape index (κ2) is 5.33. The number of aryl methyl sites for hydroxylation is 1. The van der Waals surface area contributed by atoms with Crippen molar-refractivity contribution in [3.63, 3.8) is 0 Å². The molecule has 0 bridgehead atoms. The first-order valence-electron chi connectivity index (χ1n) is 7.16. The van der Waals surface area contributed by atoms with Crippen molar-refractivity contribution in [3.05, 3.63) is 36.0 Å². The Hall–Kier alpha value is -2.14. The number of nitrogens with zero attached hydrogens (tertiary/aromatic N) is 2. The SMILES string of the molecule is Cc1ccc2cccc(NC(=O)N3CC(O)CC3C)c2n1. The van der Waals surface area contributed by atoms with Crippen LogP contribution in [0.4, 0.5) is 10.5 Å². The maximum Gasteiger partial charge on any atom is 0.322 e. The second-order valence-electron chi connectivity index (χ2n) is 5.65. The highest BCUT2D eigenvalue weighted by atomic mass is 16.3. The highest BCUT2D eigenvalue weighted by molar-refractivity contribution is 5.99. The molecule has 2 heterocycles. The summed E-state index contributed by atoms with van der Waals surface area (Å²) in [4.78, 5) is 18.5. The fourth-order valence-electron chi connectivity index (χ4n) is 2.82. The molecule has 0 saturated carbocycles. The van der Waals surface area contributed by atoms with Gasteiger partial charge in [-0.25, -0.2) is 4.79 Å². The van der Waals surface area contributed by atoms with Crippen molar-refractivity contribution in [2.75, 3.05) is 11.9 Å². The van der Waals surface area contributed by atoms with E-state index in [-0.39, 0.29) is 12.1 Å². The number of rotatable bonds is 1. The highest BCUT2D eigenvalue weighted by Gasteiger charge is 2.31. The van der Waals surface area contributed by atoms with E-state index >= 15 is 0 Å². The summed E-state index contributed by atoms with van der Waals surface area (Å²) >= 11 is 0. The predicted molar refractivity (Wildman–Crippen MR) is 82.3 cm³/mol. The maximum atomic E-state index is 12.4. The molecule has 0 aliphatic carbocycles. The van der Waals surface area contributed by atoms with E-state index in [2.05, 4.69) is 10.3 Å². The molecule has 21 heavy (non-hydrogen) atoms. The number of aliphatic hydroxyl groups is 1. The molecule has 1 aromatic carbocycles. The highest BCUT2D eigenvalue weighted by Crippen LogP contribution is 2.24. The van der Waals surface area contributed by atoms with Crippen molar-refractivity contribution in [2.24, 2.45) is 0 Å². The zero-order valence-electron chi connectivity index (χ0n) is 12.2. The van der Waals surface area contributed by atoms with Gasteiger partial charge in [0.25, 0.3) is 0 Å². The normalized spacial score (nSPS) is 21.8. The molecule has 1 aliphatic heterocycles. The van der Waals surface area contributed by atoms with Gasteiger partial charge in [0.15, 0.2) is 0 Å². The number of β-amino-alcohol motifs (C(OH)–C–C–N with tert-alkyl or cyclic N) is 1. The molecule has 2 N–H and O–H groups in total. The van der Waals surface area contributed by atoms with Gasteiger partial charge in [0.1, 0.15) is 0 Å². The van der Waals surface area contributed by atoms with Crippen LogP contribution in [0.25, 0.3) is 10.9 Å². The Balaban J connectivity index is 1.88. The van der Waals surface area contributed by atoms with Crippen molar-refractivity contribution in [1.82, 2.24) is 9.88 Å². The number of para-hydroxylation sites is 1. The summed E-state index contributed by atoms with van der Waals surface area (Å²) < 4.78 is 0. The van der Waals surface area contributed by atoms with Crippen LogP contribution in [-0.4, -0.2) is 39.7 Å². The lowest BCUT2D eigenvalue weighted by atomic mass is 10.2. The van der Waals surface area contributed by atoms with Crippen LogP contribution in [0.3, 0.4) is 0 Å². The summed E-state index contributed by atoms with van der Waals surface area (Å²) in [5, 5.41) is 13.6. The number of hydrogen-bond acceptors (Lipinski definition) is 3. The van der Waals surface area contributed by atoms with Crippen molar-refractivity contribution < 1.29 is 9.90 Å². The number of carbonyl (C=O) groups is 1. The topological polar surface area (TPSA) is 65.5 Å². The molecule has 2 atom stereocenters. The van der Waals surface area contributed by atoms with Gasteiger partial charge in [-0.3, -0.25) is 4.98 Å². The molecule has 3 rings (SSSR count). The number of urea groups is 1. The van der Waals surface area contributed by atoms with Gasteiger partial charge in [0, 0.05) is 23.7 Å². The number of carbonyl (C=O) groups excluding carboxylic acids is 1. The summed E-state index contributed by atoms with van der Waals surface area (Å²) in [5.74, 6) is 0. The molecule has 0 radical (unpaired) electrons. The van der Waals surface area contributed by atoms with Gasteiger partial charge in [0.05, 0.1) is 17.3 Å². The Morgan fingerprint density at radius 1 is 1.38 bits per heavy atom. The monoisotopic (exact) mass is 285 g/mol. The minimum atomic E-state index is -0.432. The van der Waals surface area contributed by atoms with Gasteiger partial charge in [-0.1, -0.05) is 18.2 Å². The van der Waals surface area contributed by atoms with Gasteiger partial charge in [0.2, 0.25) is 0 Å². The van der Waals surface area contributed by atoms with E-state index in [1.54, 1.807) is 4.90 Å². The number of fused-ring (bicyclic) bond motifs is 1. The van der Waals surface area contributed by atoms with Gasteiger partial charge >= 0.3 is 6.03 Å². The molecule has 1 aliphatic rings. The average Bonchev–Trinajstić information content (AvgIpc) is 2.78. The number of anilines is 1. The average molecular weight is 285 g/mol. The quantitative estimate of drug-likeness (QED) is 0.846. The summed E-state index contributed by atoms with van der Waals surface area (Å²) in [7, 11) is 0. The van der Waals surface area contributed by atoms with E-state index in [1.807, 2.05) is 44.2 Å². The Kier molecular flexibility index (Phi) is 3.51. The minimum absolute atomic E-state index is 0.0460. The summed E-state index contributed by atoms with van der Waals surface area (Å²) in [6, 6.07) is 9.53. The molecule has 110 valence electrons. The first-order chi connectivity index (χ1) is 10.0. The van der Waals surface area contributed by atoms with Crippen LogP contribution in [0, 0.1) is 6.92 Å². The lowest BCUT2D eigenvalue weighted by Gasteiger charge is -2.22. The number of pyridine rings is 1. The molecule has 1 aromatic heterocycles. The Morgan fingerprint density at radius 3 is 2.90 bits per heavy atom. The summed E-state index contributed by atoms with van der Waals surface area (Å²) in [6.07, 6.45) is 0.193. The van der Waals surface area contributed by atoms with E-state index < -0.39 is 6.10 Å². The molecular formula is C16H19N3O2. The number of amides is 2. The first kappa shape index (κ1) is 13.8. The fourth-order valence-corrected chi connectivity index (χ4v) is 2.82. The Bertz CT molecular complexity index is 686. The van der Waals surface area contributed by atoms with Gasteiger partial charge in [-0.2, -0.15) is 0 Å². The number of benzene rings is 1. The fraction of sp³-hybridized carbons (Fsp3) is 0.375. The van der Waals surface area contributed by atoms with Crippen LogP contribution in [0.1, 0.15) is 19.0 Å². The molecule has 5 heteroatoms.